The van der Waals surface area contributed by atoms with Crippen LogP contribution in [0, 0.1) is 6.92 Å². The van der Waals surface area contributed by atoms with Crippen LogP contribution in [-0.2, 0) is 4.74 Å². The fourth-order valence-electron chi connectivity index (χ4n) is 1.33. The highest BCUT2D eigenvalue weighted by Gasteiger charge is 2.17. The van der Waals surface area contributed by atoms with Crippen molar-refractivity contribution in [1.82, 2.24) is 9.55 Å². The van der Waals surface area contributed by atoms with Gasteiger partial charge in [-0.05, 0) is 6.92 Å². The monoisotopic (exact) mass is 480 g/mol. The summed E-state index contributed by atoms with van der Waals surface area (Å²) >= 11 is 4.20. The average molecular weight is 480 g/mol. The first-order chi connectivity index (χ1) is 8.53. The van der Waals surface area contributed by atoms with Gasteiger partial charge in [-0.1, -0.05) is 45.2 Å². The Balaban J connectivity index is 3.05. The van der Waals surface area contributed by atoms with Gasteiger partial charge in [-0.15, -0.1) is 0 Å². The second-order valence-corrected chi connectivity index (χ2v) is 5.44. The third kappa shape index (κ3) is 4.03. The number of alkyl halides is 2. The molecule has 0 fully saturated rings. The minimum atomic E-state index is -0.502. The van der Waals surface area contributed by atoms with E-state index >= 15 is 0 Å². The van der Waals surface area contributed by atoms with E-state index in [2.05, 4.69) is 50.2 Å². The zero-order valence-corrected chi connectivity index (χ0v) is 14.0. The highest BCUT2D eigenvalue weighted by molar-refractivity contribution is 14.1. The smallest absolute Gasteiger partial charge is 0.330 e. The Kier molecular flexibility index (Phi) is 6.81. The van der Waals surface area contributed by atoms with Crippen LogP contribution in [0.2, 0.25) is 0 Å². The minimum absolute atomic E-state index is 0.104. The number of nitrogens with zero attached hydrogens (tertiary/aromatic N) is 1. The van der Waals surface area contributed by atoms with Gasteiger partial charge in [0, 0.05) is 20.6 Å². The van der Waals surface area contributed by atoms with E-state index in [1.165, 1.54) is 10.8 Å². The first-order valence-corrected chi connectivity index (χ1v) is 8.28. The van der Waals surface area contributed by atoms with Crippen molar-refractivity contribution >= 4 is 45.2 Å². The van der Waals surface area contributed by atoms with Gasteiger partial charge in [0.05, 0.1) is 12.7 Å². The van der Waals surface area contributed by atoms with Crippen LogP contribution in [-0.4, -0.2) is 36.2 Å². The highest BCUT2D eigenvalue weighted by atomic mass is 127. The standard InChI is InChI=1S/C10H14I2N2O4/c1-6-4-14(10(17)13-9(6)16)8(3-12)18-7(2-11)5-15/h4,7-8,15H,2-3,5H2,1H3,(H,13,16,17). The first-order valence-electron chi connectivity index (χ1n) is 5.23. The third-order valence-corrected chi connectivity index (χ3v) is 4.05. The first kappa shape index (κ1) is 16.1. The number of aromatic amines is 1. The summed E-state index contributed by atoms with van der Waals surface area (Å²) < 4.78 is 8.14. The predicted molar refractivity (Wildman–Crippen MR) is 84.8 cm³/mol. The summed E-state index contributed by atoms with van der Waals surface area (Å²) in [5.41, 5.74) is -0.448. The molecule has 0 saturated heterocycles. The van der Waals surface area contributed by atoms with Crippen LogP contribution in [0.1, 0.15) is 11.8 Å². The van der Waals surface area contributed by atoms with Crippen molar-refractivity contribution in [2.45, 2.75) is 19.3 Å². The van der Waals surface area contributed by atoms with Gasteiger partial charge in [0.2, 0.25) is 0 Å². The fraction of sp³-hybridized carbons (Fsp3) is 0.600. The van der Waals surface area contributed by atoms with E-state index in [-0.39, 0.29) is 12.7 Å². The molecule has 102 valence electrons. The van der Waals surface area contributed by atoms with Crippen molar-refractivity contribution in [3.05, 3.63) is 32.6 Å². The molecule has 6 nitrogen and oxygen atoms in total. The molecule has 0 aliphatic carbocycles. The van der Waals surface area contributed by atoms with Crippen LogP contribution in [0.25, 0.3) is 0 Å². The Morgan fingerprint density at radius 2 is 2.11 bits per heavy atom. The molecule has 2 unspecified atom stereocenters. The van der Waals surface area contributed by atoms with Crippen molar-refractivity contribution in [2.75, 3.05) is 15.5 Å². The van der Waals surface area contributed by atoms with Crippen LogP contribution in [0.4, 0.5) is 0 Å². The van der Waals surface area contributed by atoms with Gasteiger partial charge in [0.25, 0.3) is 5.56 Å². The number of hydrogen-bond donors (Lipinski definition) is 2. The van der Waals surface area contributed by atoms with Crippen LogP contribution in [0.15, 0.2) is 15.8 Å². The van der Waals surface area contributed by atoms with E-state index in [1.807, 2.05) is 0 Å². The van der Waals surface area contributed by atoms with E-state index in [0.29, 0.717) is 14.4 Å². The van der Waals surface area contributed by atoms with Gasteiger partial charge < -0.3 is 9.84 Å². The van der Waals surface area contributed by atoms with Gasteiger partial charge in [0.1, 0.15) is 6.23 Å². The number of hydrogen-bond acceptors (Lipinski definition) is 4. The largest absolute Gasteiger partial charge is 0.394 e. The normalized spacial score (nSPS) is 14.4. The summed E-state index contributed by atoms with van der Waals surface area (Å²) in [7, 11) is 0. The molecule has 0 radical (unpaired) electrons. The van der Waals surface area contributed by atoms with E-state index in [9.17, 15) is 9.59 Å². The second-order valence-electron chi connectivity index (χ2n) is 3.68. The molecule has 1 heterocycles. The molecule has 0 aromatic carbocycles. The maximum Gasteiger partial charge on any atom is 0.330 e. The average Bonchev–Trinajstić information content (AvgIpc) is 2.36. The molecule has 1 aromatic heterocycles. The number of H-pyrrole nitrogens is 1. The highest BCUT2D eigenvalue weighted by Crippen LogP contribution is 2.13. The molecule has 2 atom stereocenters. The maximum absolute atomic E-state index is 11.7. The topological polar surface area (TPSA) is 84.3 Å². The van der Waals surface area contributed by atoms with Gasteiger partial charge in [-0.25, -0.2) is 4.79 Å². The number of aliphatic hydroxyl groups excluding tert-OH is 1. The molecule has 0 aliphatic heterocycles. The molecule has 18 heavy (non-hydrogen) atoms. The van der Waals surface area contributed by atoms with E-state index in [1.54, 1.807) is 6.92 Å². The summed E-state index contributed by atoms with van der Waals surface area (Å²) in [5.74, 6) is 0. The summed E-state index contributed by atoms with van der Waals surface area (Å²) in [6.45, 7) is 1.52. The lowest BCUT2D eigenvalue weighted by Crippen LogP contribution is -2.37. The molecule has 8 heteroatoms. The van der Waals surface area contributed by atoms with E-state index in [0.717, 1.165) is 0 Å². The number of aliphatic hydroxyl groups is 1. The Morgan fingerprint density at radius 1 is 1.44 bits per heavy atom. The Bertz CT molecular complexity index is 495. The van der Waals surface area contributed by atoms with Gasteiger partial charge in [0.15, 0.2) is 0 Å². The van der Waals surface area contributed by atoms with Gasteiger partial charge in [-0.2, -0.15) is 0 Å². The summed E-state index contributed by atoms with van der Waals surface area (Å²) in [4.78, 5) is 25.2. The number of aryl methyl sites for hydroxylation is 1. The number of nitrogens with one attached hydrogen (secondary N) is 1. The molecular weight excluding hydrogens is 466 g/mol. The SMILES string of the molecule is Cc1cn(C(CI)OC(CO)CI)c(=O)[nH]c1=O. The quantitative estimate of drug-likeness (QED) is 0.462. The van der Waals surface area contributed by atoms with E-state index in [4.69, 9.17) is 9.84 Å². The lowest BCUT2D eigenvalue weighted by molar-refractivity contribution is -0.0503. The predicted octanol–water partition coefficient (Wildman–Crippen LogP) is 0.591. The number of rotatable bonds is 6. The number of aromatic nitrogens is 2. The Labute approximate surface area is 131 Å². The molecular formula is C10H14I2N2O4. The minimum Gasteiger partial charge on any atom is -0.394 e. The van der Waals surface area contributed by atoms with Crippen molar-refractivity contribution in [1.29, 1.82) is 0 Å². The van der Waals surface area contributed by atoms with Gasteiger partial charge >= 0.3 is 5.69 Å². The fourth-order valence-corrected chi connectivity index (χ4v) is 2.44. The zero-order valence-electron chi connectivity index (χ0n) is 9.73. The van der Waals surface area contributed by atoms with E-state index < -0.39 is 17.5 Å². The van der Waals surface area contributed by atoms with Crippen LogP contribution in [0.5, 0.6) is 0 Å². The van der Waals surface area contributed by atoms with Crippen molar-refractivity contribution < 1.29 is 9.84 Å². The summed E-state index contributed by atoms with van der Waals surface area (Å²) in [6, 6.07) is 0. The maximum atomic E-state index is 11.7. The molecule has 0 bridgehead atoms. The molecule has 2 N–H and O–H groups in total. The molecule has 0 saturated carbocycles. The number of ether oxygens (including phenoxy) is 1. The second kappa shape index (κ2) is 7.60. The van der Waals surface area contributed by atoms with Crippen molar-refractivity contribution in [3.8, 4) is 0 Å². The van der Waals surface area contributed by atoms with Gasteiger partial charge in [-0.3, -0.25) is 14.3 Å². The molecule has 0 spiro atoms. The molecule has 1 rings (SSSR count). The lowest BCUT2D eigenvalue weighted by Gasteiger charge is -2.22. The van der Waals surface area contributed by atoms with Crippen LogP contribution in [0.3, 0.4) is 0 Å². The molecule has 0 amide bonds. The Morgan fingerprint density at radius 3 is 2.61 bits per heavy atom. The molecule has 1 aromatic rings. The van der Waals surface area contributed by atoms with Crippen LogP contribution < -0.4 is 11.2 Å². The summed E-state index contributed by atoms with van der Waals surface area (Å²) in [6.07, 6.45) is 0.650. The van der Waals surface area contributed by atoms with Crippen molar-refractivity contribution in [2.24, 2.45) is 0 Å². The van der Waals surface area contributed by atoms with Crippen molar-refractivity contribution in [3.63, 3.8) is 0 Å². The summed E-state index contributed by atoms with van der Waals surface area (Å²) in [5, 5.41) is 9.11. The van der Waals surface area contributed by atoms with Crippen LogP contribution >= 0.6 is 45.2 Å². The zero-order chi connectivity index (χ0) is 13.7. The third-order valence-electron chi connectivity index (χ3n) is 2.31. The molecule has 0 aliphatic rings. The Hall–Kier alpha value is 0.0600. The lowest BCUT2D eigenvalue weighted by atomic mass is 10.4. The number of halogens is 2.